The lowest BCUT2D eigenvalue weighted by molar-refractivity contribution is -0.144. The van der Waals surface area contributed by atoms with E-state index >= 15 is 0 Å². The van der Waals surface area contributed by atoms with E-state index in [4.69, 9.17) is 10.5 Å². The largest absolute Gasteiger partial charge is 0.495 e. The highest BCUT2D eigenvalue weighted by molar-refractivity contribution is 5.48. The number of alkyl halides is 3. The Bertz CT molecular complexity index is 503. The molecule has 0 saturated heterocycles. The average molecular weight is 286 g/mol. The van der Waals surface area contributed by atoms with Gasteiger partial charge in [-0.2, -0.15) is 13.2 Å². The van der Waals surface area contributed by atoms with Gasteiger partial charge in [-0.15, -0.1) is 0 Å². The second kappa shape index (κ2) is 7.17. The number of nitrogens with zero attached hydrogens (tertiary/aromatic N) is 1. The summed E-state index contributed by atoms with van der Waals surface area (Å²) in [7, 11) is 2.93. The van der Waals surface area contributed by atoms with Crippen molar-refractivity contribution in [1.82, 2.24) is 4.90 Å². The van der Waals surface area contributed by atoms with Crippen molar-refractivity contribution < 1.29 is 17.9 Å². The summed E-state index contributed by atoms with van der Waals surface area (Å²) < 4.78 is 42.0. The van der Waals surface area contributed by atoms with Crippen molar-refractivity contribution in [2.45, 2.75) is 12.7 Å². The Hall–Kier alpha value is -1.71. The number of hydrogen-bond acceptors (Lipinski definition) is 3. The molecule has 0 aromatic heterocycles. The highest BCUT2D eigenvalue weighted by Gasteiger charge is 2.29. The van der Waals surface area contributed by atoms with E-state index < -0.39 is 12.7 Å². The van der Waals surface area contributed by atoms with Gasteiger partial charge in [-0.3, -0.25) is 4.90 Å². The Labute approximate surface area is 116 Å². The monoisotopic (exact) mass is 286 g/mol. The standard InChI is InChI=1S/C14H17F3N2O/c1-19(10-14(15,16)17)9-11-5-6-13(20-2)12(8-11)4-3-7-18/h5-6,8H,7,9-10,18H2,1-2H3. The van der Waals surface area contributed by atoms with Crippen LogP contribution in [0.2, 0.25) is 0 Å². The van der Waals surface area contributed by atoms with Crippen LogP contribution in [0.15, 0.2) is 18.2 Å². The first-order valence-corrected chi connectivity index (χ1v) is 5.97. The van der Waals surface area contributed by atoms with Gasteiger partial charge >= 0.3 is 6.18 Å². The molecule has 0 spiro atoms. The molecule has 0 saturated carbocycles. The van der Waals surface area contributed by atoms with E-state index in [-0.39, 0.29) is 13.1 Å². The summed E-state index contributed by atoms with van der Waals surface area (Å²) in [6.07, 6.45) is -4.20. The van der Waals surface area contributed by atoms with E-state index in [0.29, 0.717) is 11.3 Å². The van der Waals surface area contributed by atoms with Gasteiger partial charge in [0.2, 0.25) is 0 Å². The van der Waals surface area contributed by atoms with Gasteiger partial charge in [0, 0.05) is 6.54 Å². The predicted octanol–water partition coefficient (Wildman–Crippen LogP) is 2.00. The number of nitrogens with two attached hydrogens (primary N) is 1. The molecule has 0 unspecified atom stereocenters. The Morgan fingerprint density at radius 2 is 2.05 bits per heavy atom. The van der Waals surface area contributed by atoms with E-state index in [0.717, 1.165) is 5.56 Å². The zero-order chi connectivity index (χ0) is 15.2. The molecule has 6 heteroatoms. The number of halogens is 3. The van der Waals surface area contributed by atoms with Crippen LogP contribution in [0.3, 0.4) is 0 Å². The van der Waals surface area contributed by atoms with Crippen LogP contribution in [0.5, 0.6) is 5.75 Å². The van der Waals surface area contributed by atoms with Gasteiger partial charge in [-0.25, -0.2) is 0 Å². The molecular formula is C14H17F3N2O. The Balaban J connectivity index is 2.86. The van der Waals surface area contributed by atoms with Gasteiger partial charge in [0.1, 0.15) is 5.75 Å². The highest BCUT2D eigenvalue weighted by atomic mass is 19.4. The Morgan fingerprint density at radius 1 is 1.35 bits per heavy atom. The lowest BCUT2D eigenvalue weighted by atomic mass is 10.1. The summed E-state index contributed by atoms with van der Waals surface area (Å²) in [6.45, 7) is -0.564. The van der Waals surface area contributed by atoms with Crippen molar-refractivity contribution in [1.29, 1.82) is 0 Å². The summed E-state index contributed by atoms with van der Waals surface area (Å²) in [4.78, 5) is 1.20. The van der Waals surface area contributed by atoms with Crippen molar-refractivity contribution in [2.75, 3.05) is 27.2 Å². The van der Waals surface area contributed by atoms with E-state index in [2.05, 4.69) is 11.8 Å². The molecule has 0 aliphatic carbocycles. The van der Waals surface area contributed by atoms with Crippen LogP contribution >= 0.6 is 0 Å². The maximum atomic E-state index is 12.3. The summed E-state index contributed by atoms with van der Waals surface area (Å²) in [5.74, 6) is 6.12. The molecule has 1 rings (SSSR count). The van der Waals surface area contributed by atoms with E-state index in [1.54, 1.807) is 18.2 Å². The Kier molecular flexibility index (Phi) is 5.86. The normalized spacial score (nSPS) is 11.2. The number of methoxy groups -OCH3 is 1. The third-order valence-electron chi connectivity index (χ3n) is 2.49. The van der Waals surface area contributed by atoms with Crippen LogP contribution in [0.4, 0.5) is 13.2 Å². The molecule has 0 bridgehead atoms. The molecule has 1 aromatic rings. The summed E-state index contributed by atoms with van der Waals surface area (Å²) >= 11 is 0. The molecule has 1 aromatic carbocycles. The van der Waals surface area contributed by atoms with Crippen molar-refractivity contribution in [3.8, 4) is 17.6 Å². The van der Waals surface area contributed by atoms with Gasteiger partial charge in [0.05, 0.1) is 25.8 Å². The van der Waals surface area contributed by atoms with Crippen molar-refractivity contribution in [3.05, 3.63) is 29.3 Å². The molecule has 0 fully saturated rings. The minimum Gasteiger partial charge on any atom is -0.495 e. The van der Waals surface area contributed by atoms with Crippen LogP contribution in [-0.2, 0) is 6.54 Å². The minimum absolute atomic E-state index is 0.181. The van der Waals surface area contributed by atoms with Gasteiger partial charge in [0.15, 0.2) is 0 Å². The van der Waals surface area contributed by atoms with Gasteiger partial charge in [-0.1, -0.05) is 17.9 Å². The zero-order valence-electron chi connectivity index (χ0n) is 11.4. The van der Waals surface area contributed by atoms with E-state index in [1.165, 1.54) is 19.1 Å². The predicted molar refractivity (Wildman–Crippen MR) is 71.3 cm³/mol. The SMILES string of the molecule is COc1ccc(CN(C)CC(F)(F)F)cc1C#CCN. The molecule has 20 heavy (non-hydrogen) atoms. The van der Waals surface area contributed by atoms with Crippen LogP contribution in [0.1, 0.15) is 11.1 Å². The van der Waals surface area contributed by atoms with Crippen molar-refractivity contribution in [3.63, 3.8) is 0 Å². The van der Waals surface area contributed by atoms with Gasteiger partial charge in [-0.05, 0) is 24.7 Å². The lowest BCUT2D eigenvalue weighted by Gasteiger charge is -2.19. The Morgan fingerprint density at radius 3 is 2.60 bits per heavy atom. The molecule has 0 aliphatic rings. The number of ether oxygens (including phenoxy) is 1. The molecule has 0 radical (unpaired) electrons. The first-order valence-electron chi connectivity index (χ1n) is 5.97. The van der Waals surface area contributed by atoms with Crippen LogP contribution in [-0.4, -0.2) is 38.3 Å². The minimum atomic E-state index is -4.20. The molecule has 0 amide bonds. The van der Waals surface area contributed by atoms with E-state index in [9.17, 15) is 13.2 Å². The average Bonchev–Trinajstić information content (AvgIpc) is 2.34. The summed E-state index contributed by atoms with van der Waals surface area (Å²) in [6, 6.07) is 5.13. The number of rotatable bonds is 4. The summed E-state index contributed by atoms with van der Waals surface area (Å²) in [5, 5.41) is 0. The lowest BCUT2D eigenvalue weighted by Crippen LogP contribution is -2.30. The van der Waals surface area contributed by atoms with Gasteiger partial charge < -0.3 is 10.5 Å². The molecule has 0 aliphatic heterocycles. The summed E-state index contributed by atoms with van der Waals surface area (Å²) in [5.41, 5.74) is 6.66. The molecule has 2 N–H and O–H groups in total. The van der Waals surface area contributed by atoms with Crippen LogP contribution in [0, 0.1) is 11.8 Å². The maximum absolute atomic E-state index is 12.3. The fraction of sp³-hybridized carbons (Fsp3) is 0.429. The number of hydrogen-bond donors (Lipinski definition) is 1. The van der Waals surface area contributed by atoms with Crippen molar-refractivity contribution in [2.24, 2.45) is 5.73 Å². The van der Waals surface area contributed by atoms with E-state index in [1.807, 2.05) is 0 Å². The number of benzene rings is 1. The highest BCUT2D eigenvalue weighted by Crippen LogP contribution is 2.21. The molecular weight excluding hydrogens is 269 g/mol. The quantitative estimate of drug-likeness (QED) is 0.860. The first kappa shape index (κ1) is 16.3. The third kappa shape index (κ3) is 5.51. The molecule has 0 heterocycles. The van der Waals surface area contributed by atoms with Crippen LogP contribution in [0.25, 0.3) is 0 Å². The fourth-order valence-corrected chi connectivity index (χ4v) is 1.77. The third-order valence-corrected chi connectivity index (χ3v) is 2.49. The van der Waals surface area contributed by atoms with Crippen LogP contribution < -0.4 is 10.5 Å². The maximum Gasteiger partial charge on any atom is 0.401 e. The zero-order valence-corrected chi connectivity index (χ0v) is 11.4. The second-order valence-electron chi connectivity index (χ2n) is 4.33. The fourth-order valence-electron chi connectivity index (χ4n) is 1.77. The molecule has 110 valence electrons. The molecule has 3 nitrogen and oxygen atoms in total. The van der Waals surface area contributed by atoms with Crippen molar-refractivity contribution >= 4 is 0 Å². The topological polar surface area (TPSA) is 38.5 Å². The van der Waals surface area contributed by atoms with Gasteiger partial charge in [0.25, 0.3) is 0 Å². The second-order valence-corrected chi connectivity index (χ2v) is 4.33. The first-order chi connectivity index (χ1) is 9.35. The molecule has 0 atom stereocenters. The smallest absolute Gasteiger partial charge is 0.401 e.